The summed E-state index contributed by atoms with van der Waals surface area (Å²) in [5, 5.41) is 3.01. The molecule has 1 N–H and O–H groups in total. The number of benzene rings is 1. The molecule has 0 unspecified atom stereocenters. The maximum Gasteiger partial charge on any atom is 0.224 e. The number of carbonyl (C=O) groups is 1. The van der Waals surface area contributed by atoms with Gasteiger partial charge in [-0.05, 0) is 18.9 Å². The van der Waals surface area contributed by atoms with E-state index < -0.39 is 11.6 Å². The molecule has 0 aliphatic heterocycles. The summed E-state index contributed by atoms with van der Waals surface area (Å²) in [7, 11) is 0. The molecule has 1 aromatic carbocycles. The van der Waals surface area contributed by atoms with Crippen molar-refractivity contribution in [3.05, 3.63) is 28.8 Å². The van der Waals surface area contributed by atoms with Crippen LogP contribution in [0.2, 0.25) is 5.02 Å². The van der Waals surface area contributed by atoms with Crippen molar-refractivity contribution >= 4 is 39.1 Å². The highest BCUT2D eigenvalue weighted by Gasteiger charge is 2.12. The molecular weight excluding hydrogens is 315 g/mol. The highest BCUT2D eigenvalue weighted by molar-refractivity contribution is 9.09. The van der Waals surface area contributed by atoms with Crippen LogP contribution in [-0.2, 0) is 4.79 Å². The predicted molar refractivity (Wildman–Crippen MR) is 67.6 cm³/mol. The van der Waals surface area contributed by atoms with Crippen molar-refractivity contribution in [1.82, 2.24) is 0 Å². The minimum absolute atomic E-state index is 0.142. The van der Waals surface area contributed by atoms with Gasteiger partial charge in [-0.2, -0.15) is 0 Å². The quantitative estimate of drug-likeness (QED) is 0.640. The van der Waals surface area contributed by atoms with Crippen molar-refractivity contribution < 1.29 is 13.6 Å². The van der Waals surface area contributed by atoms with E-state index in [2.05, 4.69) is 21.2 Å². The predicted octanol–water partition coefficient (Wildman–Crippen LogP) is 4.12. The summed E-state index contributed by atoms with van der Waals surface area (Å²) in [6.07, 6.45) is 1.82. The fourth-order valence-corrected chi connectivity index (χ4v) is 1.88. The summed E-state index contributed by atoms with van der Waals surface area (Å²) < 4.78 is 26.1. The van der Waals surface area contributed by atoms with E-state index in [-0.39, 0.29) is 23.0 Å². The van der Waals surface area contributed by atoms with Gasteiger partial charge in [-0.25, -0.2) is 8.78 Å². The Labute approximate surface area is 111 Å². The van der Waals surface area contributed by atoms with Crippen molar-refractivity contribution in [2.45, 2.75) is 19.3 Å². The molecule has 0 aliphatic rings. The van der Waals surface area contributed by atoms with E-state index in [4.69, 9.17) is 11.6 Å². The Morgan fingerprint density at radius 2 is 2.06 bits per heavy atom. The molecule has 0 saturated carbocycles. The number of hydrogen-bond donors (Lipinski definition) is 1. The lowest BCUT2D eigenvalue weighted by Gasteiger charge is -2.08. The normalized spacial score (nSPS) is 10.4. The number of anilines is 1. The van der Waals surface area contributed by atoms with Gasteiger partial charge in [-0.1, -0.05) is 27.5 Å². The standard InChI is InChI=1S/C11H11BrClF2NO/c12-4-2-1-3-10(17)16-11-8(13)5-7(14)6-9(11)15/h5-6H,1-4H2,(H,16,17). The van der Waals surface area contributed by atoms with E-state index in [0.717, 1.165) is 17.8 Å². The third-order valence-electron chi connectivity index (χ3n) is 2.06. The first-order chi connectivity index (χ1) is 8.04. The Morgan fingerprint density at radius 3 is 2.65 bits per heavy atom. The van der Waals surface area contributed by atoms with Crippen LogP contribution in [0.3, 0.4) is 0 Å². The highest BCUT2D eigenvalue weighted by Crippen LogP contribution is 2.26. The van der Waals surface area contributed by atoms with Crippen LogP contribution in [0.4, 0.5) is 14.5 Å². The highest BCUT2D eigenvalue weighted by atomic mass is 79.9. The summed E-state index contributed by atoms with van der Waals surface area (Å²) in [6, 6.07) is 1.64. The van der Waals surface area contributed by atoms with Gasteiger partial charge in [0.05, 0.1) is 10.7 Å². The van der Waals surface area contributed by atoms with Crippen LogP contribution in [0.5, 0.6) is 0 Å². The van der Waals surface area contributed by atoms with Gasteiger partial charge < -0.3 is 5.32 Å². The molecule has 0 aliphatic carbocycles. The maximum atomic E-state index is 13.3. The summed E-state index contributed by atoms with van der Waals surface area (Å²) in [4.78, 5) is 11.4. The molecule has 1 rings (SSSR count). The fourth-order valence-electron chi connectivity index (χ4n) is 1.24. The van der Waals surface area contributed by atoms with Crippen molar-refractivity contribution in [2.75, 3.05) is 10.6 Å². The Bertz CT molecular complexity index is 391. The molecule has 1 aromatic rings. The molecule has 0 spiro atoms. The Balaban J connectivity index is 2.65. The van der Waals surface area contributed by atoms with Crippen molar-refractivity contribution in [3.63, 3.8) is 0 Å². The van der Waals surface area contributed by atoms with Gasteiger partial charge >= 0.3 is 0 Å². The van der Waals surface area contributed by atoms with E-state index in [1.54, 1.807) is 0 Å². The van der Waals surface area contributed by atoms with Crippen molar-refractivity contribution in [2.24, 2.45) is 0 Å². The maximum absolute atomic E-state index is 13.3. The molecule has 0 radical (unpaired) electrons. The van der Waals surface area contributed by atoms with Crippen LogP contribution in [0.15, 0.2) is 12.1 Å². The van der Waals surface area contributed by atoms with Crippen LogP contribution < -0.4 is 5.32 Å². The summed E-state index contributed by atoms with van der Waals surface area (Å²) in [5.41, 5.74) is -0.170. The fraction of sp³-hybridized carbons (Fsp3) is 0.364. The third kappa shape index (κ3) is 4.60. The number of nitrogens with one attached hydrogen (secondary N) is 1. The van der Waals surface area contributed by atoms with Gasteiger partial charge in [0.15, 0.2) is 5.82 Å². The molecule has 0 aromatic heterocycles. The van der Waals surface area contributed by atoms with Crippen molar-refractivity contribution in [3.8, 4) is 0 Å². The average Bonchev–Trinajstić information content (AvgIpc) is 2.24. The van der Waals surface area contributed by atoms with E-state index in [1.165, 1.54) is 0 Å². The first-order valence-electron chi connectivity index (χ1n) is 5.05. The Kier molecular flexibility index (Phi) is 5.85. The van der Waals surface area contributed by atoms with Gasteiger partial charge in [0.1, 0.15) is 5.82 Å². The average molecular weight is 327 g/mol. The molecule has 17 heavy (non-hydrogen) atoms. The smallest absolute Gasteiger partial charge is 0.224 e. The van der Waals surface area contributed by atoms with Gasteiger partial charge in [-0.15, -0.1) is 0 Å². The summed E-state index contributed by atoms with van der Waals surface area (Å²) in [5.74, 6) is -1.98. The lowest BCUT2D eigenvalue weighted by atomic mass is 10.2. The molecule has 0 atom stereocenters. The lowest BCUT2D eigenvalue weighted by molar-refractivity contribution is -0.116. The van der Waals surface area contributed by atoms with Crippen LogP contribution in [0, 0.1) is 11.6 Å². The topological polar surface area (TPSA) is 29.1 Å². The van der Waals surface area contributed by atoms with E-state index in [0.29, 0.717) is 12.5 Å². The molecule has 1 amide bonds. The first-order valence-corrected chi connectivity index (χ1v) is 6.55. The largest absolute Gasteiger partial charge is 0.322 e. The second kappa shape index (κ2) is 6.91. The lowest BCUT2D eigenvalue weighted by Crippen LogP contribution is -2.13. The molecule has 2 nitrogen and oxygen atoms in total. The monoisotopic (exact) mass is 325 g/mol. The Morgan fingerprint density at radius 1 is 1.35 bits per heavy atom. The number of amides is 1. The minimum Gasteiger partial charge on any atom is -0.322 e. The van der Waals surface area contributed by atoms with Crippen LogP contribution in [0.1, 0.15) is 19.3 Å². The molecule has 0 fully saturated rings. The zero-order valence-corrected chi connectivity index (χ0v) is 11.2. The Hall–Kier alpha value is -0.680. The number of halogens is 4. The first kappa shape index (κ1) is 14.4. The zero-order valence-electron chi connectivity index (χ0n) is 8.90. The van der Waals surface area contributed by atoms with Crippen LogP contribution in [-0.4, -0.2) is 11.2 Å². The number of unbranched alkanes of at least 4 members (excludes halogenated alkanes) is 1. The van der Waals surface area contributed by atoms with Crippen LogP contribution >= 0.6 is 27.5 Å². The third-order valence-corrected chi connectivity index (χ3v) is 2.92. The van der Waals surface area contributed by atoms with Crippen molar-refractivity contribution in [1.29, 1.82) is 0 Å². The van der Waals surface area contributed by atoms with Gasteiger partial charge in [0, 0.05) is 17.8 Å². The van der Waals surface area contributed by atoms with E-state index >= 15 is 0 Å². The van der Waals surface area contributed by atoms with Crippen LogP contribution in [0.25, 0.3) is 0 Å². The number of hydrogen-bond acceptors (Lipinski definition) is 1. The van der Waals surface area contributed by atoms with Gasteiger partial charge in [-0.3, -0.25) is 4.79 Å². The SMILES string of the molecule is O=C(CCCCBr)Nc1c(F)cc(F)cc1Cl. The van der Waals surface area contributed by atoms with Gasteiger partial charge in [0.25, 0.3) is 0 Å². The molecule has 0 heterocycles. The molecule has 0 bridgehead atoms. The molecule has 94 valence electrons. The number of rotatable bonds is 5. The minimum atomic E-state index is -0.871. The van der Waals surface area contributed by atoms with E-state index in [1.807, 2.05) is 0 Å². The molecule has 0 saturated heterocycles. The second-order valence-corrected chi connectivity index (χ2v) is 4.64. The van der Waals surface area contributed by atoms with Gasteiger partial charge in [0.2, 0.25) is 5.91 Å². The summed E-state index contributed by atoms with van der Waals surface area (Å²) in [6.45, 7) is 0. The number of alkyl halides is 1. The molecular formula is C11H11BrClF2NO. The zero-order chi connectivity index (χ0) is 12.8. The summed E-state index contributed by atoms with van der Waals surface area (Å²) >= 11 is 8.88. The second-order valence-electron chi connectivity index (χ2n) is 3.44. The number of carbonyl (C=O) groups excluding carboxylic acids is 1. The molecule has 6 heteroatoms. The van der Waals surface area contributed by atoms with E-state index in [9.17, 15) is 13.6 Å².